The maximum atomic E-state index is 9.31. The van der Waals surface area contributed by atoms with Gasteiger partial charge in [0.05, 0.1) is 0 Å². The van der Waals surface area contributed by atoms with Crippen molar-refractivity contribution in [2.75, 3.05) is 30.8 Å². The Morgan fingerprint density at radius 2 is 2.17 bits per heavy atom. The van der Waals surface area contributed by atoms with E-state index < -0.39 is 0 Å². The highest BCUT2D eigenvalue weighted by molar-refractivity contribution is 5.46. The summed E-state index contributed by atoms with van der Waals surface area (Å²) in [7, 11) is 1.81. The Morgan fingerprint density at radius 3 is 2.89 bits per heavy atom. The lowest BCUT2D eigenvalue weighted by atomic mass is 9.97. The zero-order valence-corrected chi connectivity index (χ0v) is 11.1. The normalized spacial score (nSPS) is 23.1. The number of nitrogens with one attached hydrogen (secondary N) is 2. The molecule has 0 aromatic carbocycles. The van der Waals surface area contributed by atoms with Crippen LogP contribution in [0.4, 0.5) is 11.8 Å². The lowest BCUT2D eigenvalue weighted by Gasteiger charge is -2.19. The van der Waals surface area contributed by atoms with E-state index in [9.17, 15) is 5.11 Å². The van der Waals surface area contributed by atoms with Crippen molar-refractivity contribution in [2.24, 2.45) is 11.8 Å². The van der Waals surface area contributed by atoms with Crippen molar-refractivity contribution in [2.45, 2.75) is 26.2 Å². The summed E-state index contributed by atoms with van der Waals surface area (Å²) in [5.74, 6) is 2.52. The number of aromatic nitrogens is 2. The van der Waals surface area contributed by atoms with Crippen LogP contribution >= 0.6 is 0 Å². The molecule has 0 bridgehead atoms. The molecule has 2 atom stereocenters. The monoisotopic (exact) mass is 250 g/mol. The van der Waals surface area contributed by atoms with Crippen molar-refractivity contribution in [1.82, 2.24) is 9.97 Å². The maximum absolute atomic E-state index is 9.31. The average molecular weight is 250 g/mol. The molecule has 0 radical (unpaired) electrons. The van der Waals surface area contributed by atoms with E-state index in [2.05, 4.69) is 20.6 Å². The predicted molar refractivity (Wildman–Crippen MR) is 72.7 cm³/mol. The second-order valence-electron chi connectivity index (χ2n) is 4.99. The van der Waals surface area contributed by atoms with E-state index in [1.165, 1.54) is 12.8 Å². The molecule has 5 heteroatoms. The summed E-state index contributed by atoms with van der Waals surface area (Å²) in [5.41, 5.74) is 1.05. The zero-order chi connectivity index (χ0) is 13.0. The van der Waals surface area contributed by atoms with Gasteiger partial charge in [0.2, 0.25) is 5.95 Å². The molecule has 0 spiro atoms. The van der Waals surface area contributed by atoms with Crippen molar-refractivity contribution in [3.63, 3.8) is 0 Å². The molecule has 1 aliphatic carbocycles. The summed E-state index contributed by atoms with van der Waals surface area (Å²) in [4.78, 5) is 8.57. The van der Waals surface area contributed by atoms with Gasteiger partial charge in [-0.05, 0) is 31.6 Å². The molecule has 2 rings (SSSR count). The van der Waals surface area contributed by atoms with Gasteiger partial charge in [-0.1, -0.05) is 6.42 Å². The first-order chi connectivity index (χ1) is 8.74. The van der Waals surface area contributed by atoms with E-state index in [1.54, 1.807) is 0 Å². The molecule has 1 saturated carbocycles. The number of aliphatic hydroxyl groups excluding tert-OH is 1. The SMILES string of the molecule is CNc1ncc(C)c(NCC2CCCC2CO)n1. The molecule has 1 aliphatic rings. The second-order valence-corrected chi connectivity index (χ2v) is 4.99. The van der Waals surface area contributed by atoms with E-state index in [0.29, 0.717) is 24.4 Å². The lowest BCUT2D eigenvalue weighted by Crippen LogP contribution is -2.21. The van der Waals surface area contributed by atoms with Crippen molar-refractivity contribution < 1.29 is 5.11 Å². The molecule has 0 saturated heterocycles. The summed E-state index contributed by atoms with van der Waals surface area (Å²) >= 11 is 0. The van der Waals surface area contributed by atoms with Crippen LogP contribution in [-0.2, 0) is 0 Å². The largest absolute Gasteiger partial charge is 0.396 e. The van der Waals surface area contributed by atoms with Crippen molar-refractivity contribution in [3.05, 3.63) is 11.8 Å². The van der Waals surface area contributed by atoms with Gasteiger partial charge in [-0.25, -0.2) is 4.98 Å². The van der Waals surface area contributed by atoms with Crippen molar-refractivity contribution >= 4 is 11.8 Å². The summed E-state index contributed by atoms with van der Waals surface area (Å²) in [6, 6.07) is 0. The van der Waals surface area contributed by atoms with Crippen molar-refractivity contribution in [3.8, 4) is 0 Å². The minimum atomic E-state index is 0.302. The summed E-state index contributed by atoms with van der Waals surface area (Å²) in [6.07, 6.45) is 5.38. The zero-order valence-electron chi connectivity index (χ0n) is 11.1. The Bertz CT molecular complexity index is 397. The predicted octanol–water partition coefficient (Wildman–Crippen LogP) is 1.65. The summed E-state index contributed by atoms with van der Waals surface area (Å²) in [5, 5.41) is 15.6. The number of rotatable bonds is 5. The molecule has 18 heavy (non-hydrogen) atoms. The standard InChI is InChI=1S/C13H22N4O/c1-9-6-16-13(14-2)17-12(9)15-7-10-4-3-5-11(10)8-18/h6,10-11,18H,3-5,7-8H2,1-2H3,(H2,14,15,16,17). The number of aryl methyl sites for hydroxylation is 1. The highest BCUT2D eigenvalue weighted by atomic mass is 16.3. The van der Waals surface area contributed by atoms with E-state index in [1.807, 2.05) is 20.2 Å². The minimum absolute atomic E-state index is 0.302. The Hall–Kier alpha value is -1.36. The van der Waals surface area contributed by atoms with Gasteiger partial charge in [-0.3, -0.25) is 0 Å². The quantitative estimate of drug-likeness (QED) is 0.741. The van der Waals surface area contributed by atoms with Gasteiger partial charge in [0.25, 0.3) is 0 Å². The fraction of sp³-hybridized carbons (Fsp3) is 0.692. The highest BCUT2D eigenvalue weighted by Crippen LogP contribution is 2.31. The van der Waals surface area contributed by atoms with E-state index >= 15 is 0 Å². The van der Waals surface area contributed by atoms with Crippen molar-refractivity contribution in [1.29, 1.82) is 0 Å². The Morgan fingerprint density at radius 1 is 1.39 bits per heavy atom. The minimum Gasteiger partial charge on any atom is -0.396 e. The van der Waals surface area contributed by atoms with Gasteiger partial charge < -0.3 is 15.7 Å². The van der Waals surface area contributed by atoms with E-state index in [0.717, 1.165) is 24.3 Å². The molecule has 1 fully saturated rings. The molecule has 5 nitrogen and oxygen atoms in total. The third-order valence-corrected chi connectivity index (χ3v) is 3.78. The fourth-order valence-electron chi connectivity index (χ4n) is 2.59. The first-order valence-corrected chi connectivity index (χ1v) is 6.60. The van der Waals surface area contributed by atoms with Crippen LogP contribution in [0, 0.1) is 18.8 Å². The first kappa shape index (κ1) is 13.1. The molecule has 1 aromatic rings. The Labute approximate surface area is 108 Å². The summed E-state index contributed by atoms with van der Waals surface area (Å²) in [6.45, 7) is 3.18. The lowest BCUT2D eigenvalue weighted by molar-refractivity contribution is 0.199. The molecule has 0 amide bonds. The van der Waals surface area contributed by atoms with Gasteiger partial charge in [-0.15, -0.1) is 0 Å². The molecule has 2 unspecified atom stereocenters. The van der Waals surface area contributed by atoms with Crippen LogP contribution in [0.2, 0.25) is 0 Å². The van der Waals surface area contributed by atoms with E-state index in [4.69, 9.17) is 0 Å². The third-order valence-electron chi connectivity index (χ3n) is 3.78. The third kappa shape index (κ3) is 2.90. The van der Waals surface area contributed by atoms with Crippen LogP contribution in [0.25, 0.3) is 0 Å². The Kier molecular flexibility index (Phi) is 4.36. The van der Waals surface area contributed by atoms with Crippen LogP contribution in [-0.4, -0.2) is 35.3 Å². The highest BCUT2D eigenvalue weighted by Gasteiger charge is 2.26. The van der Waals surface area contributed by atoms with E-state index in [-0.39, 0.29) is 0 Å². The van der Waals surface area contributed by atoms with Crippen LogP contribution in [0.1, 0.15) is 24.8 Å². The van der Waals surface area contributed by atoms with Crippen LogP contribution in [0.3, 0.4) is 0 Å². The number of hydrogen-bond donors (Lipinski definition) is 3. The molecule has 3 N–H and O–H groups in total. The first-order valence-electron chi connectivity index (χ1n) is 6.60. The Balaban J connectivity index is 1.97. The van der Waals surface area contributed by atoms with Gasteiger partial charge in [-0.2, -0.15) is 4.98 Å². The smallest absolute Gasteiger partial charge is 0.224 e. The number of nitrogens with zero attached hydrogens (tertiary/aromatic N) is 2. The average Bonchev–Trinajstić information content (AvgIpc) is 2.85. The maximum Gasteiger partial charge on any atom is 0.224 e. The van der Waals surface area contributed by atoms with Crippen LogP contribution in [0.5, 0.6) is 0 Å². The summed E-state index contributed by atoms with van der Waals surface area (Å²) < 4.78 is 0. The molecule has 0 aliphatic heterocycles. The second kappa shape index (κ2) is 6.00. The number of hydrogen-bond acceptors (Lipinski definition) is 5. The fourth-order valence-corrected chi connectivity index (χ4v) is 2.59. The number of aliphatic hydroxyl groups is 1. The van der Waals surface area contributed by atoms with Crippen LogP contribution in [0.15, 0.2) is 6.20 Å². The molecular weight excluding hydrogens is 228 g/mol. The molecule has 1 aromatic heterocycles. The molecular formula is C13H22N4O. The van der Waals surface area contributed by atoms with Gasteiger partial charge in [0.15, 0.2) is 0 Å². The van der Waals surface area contributed by atoms with Gasteiger partial charge in [0.1, 0.15) is 5.82 Å². The molecule has 1 heterocycles. The topological polar surface area (TPSA) is 70.1 Å². The number of anilines is 2. The molecule has 100 valence electrons. The van der Waals surface area contributed by atoms with Gasteiger partial charge >= 0.3 is 0 Å². The van der Waals surface area contributed by atoms with Crippen LogP contribution < -0.4 is 10.6 Å². The van der Waals surface area contributed by atoms with Gasteiger partial charge in [0, 0.05) is 32.0 Å².